The third-order valence-electron chi connectivity index (χ3n) is 5.32. The van der Waals surface area contributed by atoms with E-state index < -0.39 is 11.7 Å². The van der Waals surface area contributed by atoms with E-state index in [0.29, 0.717) is 23.3 Å². The highest BCUT2D eigenvalue weighted by Crippen LogP contribution is 2.39. The van der Waals surface area contributed by atoms with Crippen LogP contribution in [0.3, 0.4) is 0 Å². The summed E-state index contributed by atoms with van der Waals surface area (Å²) in [5.74, 6) is 0.106. The van der Waals surface area contributed by atoms with Crippen LogP contribution in [0.4, 0.5) is 13.2 Å². The molecular formula is C23H27F3N6O. The number of aryl methyl sites for hydroxylation is 1. The number of benzene rings is 1. The number of nitriles is 1. The minimum atomic E-state index is -4.59. The molecule has 0 spiro atoms. The first-order valence-electron chi connectivity index (χ1n) is 10.5. The summed E-state index contributed by atoms with van der Waals surface area (Å²) < 4.78 is 48.6. The van der Waals surface area contributed by atoms with Crippen molar-refractivity contribution in [2.24, 2.45) is 7.05 Å². The van der Waals surface area contributed by atoms with Crippen LogP contribution >= 0.6 is 0 Å². The summed E-state index contributed by atoms with van der Waals surface area (Å²) in [5.41, 5.74) is 0.516. The van der Waals surface area contributed by atoms with Gasteiger partial charge in [0.25, 0.3) is 0 Å². The highest BCUT2D eigenvalue weighted by atomic mass is 19.4. The van der Waals surface area contributed by atoms with Crippen molar-refractivity contribution in [3.05, 3.63) is 41.7 Å². The summed E-state index contributed by atoms with van der Waals surface area (Å²) in [7, 11) is 7.65. The number of alkyl halides is 3. The molecule has 0 fully saturated rings. The monoisotopic (exact) mass is 460 g/mol. The predicted molar refractivity (Wildman–Crippen MR) is 120 cm³/mol. The van der Waals surface area contributed by atoms with Crippen molar-refractivity contribution in [3.8, 4) is 23.2 Å². The van der Waals surface area contributed by atoms with Crippen LogP contribution in [0.2, 0.25) is 0 Å². The second-order valence-electron chi connectivity index (χ2n) is 8.15. The maximum absolute atomic E-state index is 13.8. The predicted octanol–water partition coefficient (Wildman–Crippen LogP) is 3.79. The summed E-state index contributed by atoms with van der Waals surface area (Å²) in [5, 5.41) is 9.25. The molecule has 176 valence electrons. The molecule has 3 rings (SSSR count). The van der Waals surface area contributed by atoms with E-state index in [1.54, 1.807) is 23.7 Å². The molecule has 0 saturated heterocycles. The third-order valence-corrected chi connectivity index (χ3v) is 5.32. The van der Waals surface area contributed by atoms with Crippen molar-refractivity contribution in [2.75, 3.05) is 47.4 Å². The number of halogens is 3. The number of likely N-dealkylation sites (N-methyl/N-ethyl adjacent to an activating group) is 2. The van der Waals surface area contributed by atoms with Gasteiger partial charge >= 0.3 is 6.18 Å². The van der Waals surface area contributed by atoms with Crippen LogP contribution in [-0.2, 0) is 13.2 Å². The van der Waals surface area contributed by atoms with Crippen LogP contribution in [0, 0.1) is 11.3 Å². The van der Waals surface area contributed by atoms with Gasteiger partial charge in [0.15, 0.2) is 5.69 Å². The SMILES string of the molecule is CN(C)CCN(C)CCCOc1ccc(-c2nc3c(C#N)nccc3n2C)cc1C(F)(F)F. The Kier molecular flexibility index (Phi) is 7.56. The summed E-state index contributed by atoms with van der Waals surface area (Å²) in [6.07, 6.45) is -2.50. The number of ether oxygens (including phenoxy) is 1. The fraction of sp³-hybridized carbons (Fsp3) is 0.435. The maximum atomic E-state index is 13.8. The first-order chi connectivity index (χ1) is 15.6. The van der Waals surface area contributed by atoms with Crippen molar-refractivity contribution in [3.63, 3.8) is 0 Å². The molecule has 2 heterocycles. The number of nitrogens with zero attached hydrogens (tertiary/aromatic N) is 6. The highest BCUT2D eigenvalue weighted by Gasteiger charge is 2.35. The standard InChI is InChI=1S/C23H27F3N6O/c1-30(2)11-12-31(3)10-5-13-33-20-7-6-16(14-17(20)23(24,25)26)22-29-21-18(15-27)28-9-8-19(21)32(22)4/h6-9,14H,5,10-13H2,1-4H3. The zero-order valence-corrected chi connectivity index (χ0v) is 19.1. The van der Waals surface area contributed by atoms with Gasteiger partial charge in [0.05, 0.1) is 17.7 Å². The van der Waals surface area contributed by atoms with E-state index in [4.69, 9.17) is 4.74 Å². The van der Waals surface area contributed by atoms with Crippen LogP contribution in [-0.4, -0.2) is 71.7 Å². The summed E-state index contributed by atoms with van der Waals surface area (Å²) in [4.78, 5) is 12.6. The van der Waals surface area contributed by atoms with Crippen LogP contribution in [0.1, 0.15) is 17.7 Å². The first kappa shape index (κ1) is 24.5. The van der Waals surface area contributed by atoms with Gasteiger partial charge in [-0.3, -0.25) is 0 Å². The lowest BCUT2D eigenvalue weighted by molar-refractivity contribution is -0.138. The Hall–Kier alpha value is -3.16. The van der Waals surface area contributed by atoms with Gasteiger partial charge in [0, 0.05) is 38.4 Å². The molecule has 0 unspecified atom stereocenters. The Morgan fingerprint density at radius 1 is 1.12 bits per heavy atom. The van der Waals surface area contributed by atoms with Gasteiger partial charge in [0.1, 0.15) is 23.2 Å². The Labute approximate surface area is 191 Å². The fourth-order valence-electron chi connectivity index (χ4n) is 3.48. The number of rotatable bonds is 9. The summed E-state index contributed by atoms with van der Waals surface area (Å²) in [6.45, 7) is 2.68. The minimum Gasteiger partial charge on any atom is -0.493 e. The molecule has 0 saturated carbocycles. The van der Waals surface area contributed by atoms with Crippen molar-refractivity contribution in [1.82, 2.24) is 24.3 Å². The normalized spacial score (nSPS) is 12.0. The zero-order chi connectivity index (χ0) is 24.2. The van der Waals surface area contributed by atoms with Gasteiger partial charge in [-0.05, 0) is 51.8 Å². The number of pyridine rings is 1. The van der Waals surface area contributed by atoms with Gasteiger partial charge in [-0.15, -0.1) is 0 Å². The third kappa shape index (κ3) is 5.80. The maximum Gasteiger partial charge on any atom is 0.419 e. The van der Waals surface area contributed by atoms with Crippen molar-refractivity contribution in [1.29, 1.82) is 5.26 Å². The Bertz CT molecular complexity index is 1150. The molecule has 1 aromatic carbocycles. The molecule has 2 aromatic heterocycles. The molecule has 3 aromatic rings. The van der Waals surface area contributed by atoms with Gasteiger partial charge in [-0.25, -0.2) is 9.97 Å². The van der Waals surface area contributed by atoms with E-state index in [2.05, 4.69) is 19.8 Å². The minimum absolute atomic E-state index is 0.126. The van der Waals surface area contributed by atoms with Gasteiger partial charge in [-0.2, -0.15) is 18.4 Å². The van der Waals surface area contributed by atoms with E-state index >= 15 is 0 Å². The summed E-state index contributed by atoms with van der Waals surface area (Å²) >= 11 is 0. The molecule has 0 bridgehead atoms. The summed E-state index contributed by atoms with van der Waals surface area (Å²) in [6, 6.07) is 7.56. The lowest BCUT2D eigenvalue weighted by Gasteiger charge is -2.20. The van der Waals surface area contributed by atoms with Gasteiger partial charge < -0.3 is 19.1 Å². The molecule has 7 nitrogen and oxygen atoms in total. The van der Waals surface area contributed by atoms with E-state index in [1.165, 1.54) is 12.3 Å². The second-order valence-corrected chi connectivity index (χ2v) is 8.15. The van der Waals surface area contributed by atoms with Crippen LogP contribution in [0.25, 0.3) is 22.4 Å². The van der Waals surface area contributed by atoms with E-state index in [9.17, 15) is 18.4 Å². The average molecular weight is 461 g/mol. The average Bonchev–Trinajstić information content (AvgIpc) is 3.11. The van der Waals surface area contributed by atoms with Crippen molar-refractivity contribution >= 4 is 11.0 Å². The second kappa shape index (κ2) is 10.2. The molecule has 0 N–H and O–H groups in total. The van der Waals surface area contributed by atoms with Gasteiger partial charge in [0.2, 0.25) is 0 Å². The lowest BCUT2D eigenvalue weighted by atomic mass is 10.1. The van der Waals surface area contributed by atoms with E-state index in [-0.39, 0.29) is 23.6 Å². The topological polar surface area (TPSA) is 70.2 Å². The molecule has 0 radical (unpaired) electrons. The van der Waals surface area contributed by atoms with Crippen molar-refractivity contribution in [2.45, 2.75) is 12.6 Å². The van der Waals surface area contributed by atoms with E-state index in [0.717, 1.165) is 25.7 Å². The Balaban J connectivity index is 1.80. The fourth-order valence-corrected chi connectivity index (χ4v) is 3.48. The Morgan fingerprint density at radius 2 is 1.88 bits per heavy atom. The van der Waals surface area contributed by atoms with Crippen molar-refractivity contribution < 1.29 is 17.9 Å². The molecular weight excluding hydrogens is 433 g/mol. The molecule has 0 aliphatic rings. The number of fused-ring (bicyclic) bond motifs is 1. The van der Waals surface area contributed by atoms with Gasteiger partial charge in [-0.1, -0.05) is 0 Å². The molecule has 33 heavy (non-hydrogen) atoms. The van der Waals surface area contributed by atoms with Crippen LogP contribution < -0.4 is 4.74 Å². The molecule has 0 aliphatic heterocycles. The molecule has 10 heteroatoms. The zero-order valence-electron chi connectivity index (χ0n) is 19.1. The largest absolute Gasteiger partial charge is 0.493 e. The number of hydrogen-bond donors (Lipinski definition) is 0. The van der Waals surface area contributed by atoms with Crippen LogP contribution in [0.15, 0.2) is 30.5 Å². The molecule has 0 aliphatic carbocycles. The smallest absolute Gasteiger partial charge is 0.419 e. The quantitative estimate of drug-likeness (QED) is 0.453. The molecule has 0 atom stereocenters. The number of hydrogen-bond acceptors (Lipinski definition) is 6. The van der Waals surface area contributed by atoms with Crippen LogP contribution in [0.5, 0.6) is 5.75 Å². The number of imidazole rings is 1. The highest BCUT2D eigenvalue weighted by molar-refractivity contribution is 5.84. The number of aromatic nitrogens is 3. The van der Waals surface area contributed by atoms with E-state index in [1.807, 2.05) is 27.2 Å². The molecule has 0 amide bonds. The lowest BCUT2D eigenvalue weighted by Crippen LogP contribution is -2.30. The first-order valence-corrected chi connectivity index (χ1v) is 10.5. The Morgan fingerprint density at radius 3 is 2.55 bits per heavy atom.